The van der Waals surface area contributed by atoms with E-state index < -0.39 is 0 Å². The highest BCUT2D eigenvalue weighted by Gasteiger charge is 2.15. The molecule has 0 fully saturated rings. The van der Waals surface area contributed by atoms with E-state index in [1.165, 1.54) is 0 Å². The highest BCUT2D eigenvalue weighted by atomic mass is 15.3. The van der Waals surface area contributed by atoms with Gasteiger partial charge in [0.1, 0.15) is 5.52 Å². The first-order chi connectivity index (χ1) is 8.04. The highest BCUT2D eigenvalue weighted by molar-refractivity contribution is 5.78. The Morgan fingerprint density at radius 1 is 1.12 bits per heavy atom. The van der Waals surface area contributed by atoms with Gasteiger partial charge in [-0.2, -0.15) is 5.10 Å². The van der Waals surface area contributed by atoms with Gasteiger partial charge in [-0.25, -0.2) is 4.98 Å². The summed E-state index contributed by atoms with van der Waals surface area (Å²) in [7, 11) is 0. The van der Waals surface area contributed by atoms with Crippen molar-refractivity contribution in [3.8, 4) is 0 Å². The molecule has 0 spiro atoms. The molecule has 0 saturated heterocycles. The van der Waals surface area contributed by atoms with Crippen molar-refractivity contribution in [3.63, 3.8) is 0 Å². The molecule has 17 heavy (non-hydrogen) atoms. The first-order valence-electron chi connectivity index (χ1n) is 6.42. The van der Waals surface area contributed by atoms with Gasteiger partial charge in [0, 0.05) is 12.2 Å². The van der Waals surface area contributed by atoms with Crippen molar-refractivity contribution in [3.05, 3.63) is 23.5 Å². The fourth-order valence-corrected chi connectivity index (χ4v) is 2.05. The molecule has 0 amide bonds. The van der Waals surface area contributed by atoms with Gasteiger partial charge in [-0.05, 0) is 30.9 Å². The molecule has 3 heteroatoms. The van der Waals surface area contributed by atoms with Gasteiger partial charge in [0.25, 0.3) is 0 Å². The minimum absolute atomic E-state index is 0.417. The highest BCUT2D eigenvalue weighted by Crippen LogP contribution is 2.25. The van der Waals surface area contributed by atoms with E-state index >= 15 is 0 Å². The number of hydrogen-bond donors (Lipinski definition) is 0. The largest absolute Gasteiger partial charge is 0.263 e. The molecule has 0 saturated carbocycles. The summed E-state index contributed by atoms with van der Waals surface area (Å²) in [6, 6.07) is 4.27. The summed E-state index contributed by atoms with van der Waals surface area (Å²) in [4.78, 5) is 4.78. The van der Waals surface area contributed by atoms with Gasteiger partial charge < -0.3 is 0 Å². The zero-order valence-electron chi connectivity index (χ0n) is 11.4. The molecule has 0 aromatic carbocycles. The van der Waals surface area contributed by atoms with E-state index in [9.17, 15) is 0 Å². The Balaban J connectivity index is 2.69. The molecule has 2 heterocycles. The summed E-state index contributed by atoms with van der Waals surface area (Å²) in [6.45, 7) is 11.7. The van der Waals surface area contributed by atoms with Gasteiger partial charge in [-0.15, -0.1) is 0 Å². The Bertz CT molecular complexity index is 523. The number of pyridine rings is 1. The fraction of sp³-hybridized carbons (Fsp3) is 0.571. The van der Waals surface area contributed by atoms with Crippen molar-refractivity contribution in [2.45, 2.75) is 53.0 Å². The van der Waals surface area contributed by atoms with Crippen molar-refractivity contribution in [2.24, 2.45) is 0 Å². The van der Waals surface area contributed by atoms with Crippen LogP contribution in [0, 0.1) is 0 Å². The normalized spacial score (nSPS) is 11.9. The molecular formula is C14H21N3. The van der Waals surface area contributed by atoms with Crippen LogP contribution in [0.1, 0.15) is 57.8 Å². The Kier molecular flexibility index (Phi) is 3.18. The molecule has 0 radical (unpaired) electrons. The summed E-state index contributed by atoms with van der Waals surface area (Å²) in [5, 5.41) is 4.66. The molecule has 92 valence electrons. The average Bonchev–Trinajstić information content (AvgIpc) is 2.66. The van der Waals surface area contributed by atoms with Gasteiger partial charge >= 0.3 is 0 Å². The van der Waals surface area contributed by atoms with E-state index in [1.54, 1.807) is 0 Å². The molecule has 0 aliphatic carbocycles. The van der Waals surface area contributed by atoms with Crippen molar-refractivity contribution < 1.29 is 0 Å². The van der Waals surface area contributed by atoms with E-state index in [0.717, 1.165) is 29.0 Å². The van der Waals surface area contributed by atoms with Crippen LogP contribution in [0.25, 0.3) is 11.0 Å². The Labute approximate surface area is 103 Å². The van der Waals surface area contributed by atoms with Crippen molar-refractivity contribution in [2.75, 3.05) is 0 Å². The second-order valence-corrected chi connectivity index (χ2v) is 5.11. The van der Waals surface area contributed by atoms with Crippen molar-refractivity contribution >= 4 is 11.0 Å². The molecule has 2 rings (SSSR count). The third-order valence-corrected chi connectivity index (χ3v) is 3.08. The summed E-state index contributed by atoms with van der Waals surface area (Å²) < 4.78 is 2.04. The van der Waals surface area contributed by atoms with Crippen LogP contribution in [0.5, 0.6) is 0 Å². The Hall–Kier alpha value is -1.38. The molecule has 0 bridgehead atoms. The third-order valence-electron chi connectivity index (χ3n) is 3.08. The van der Waals surface area contributed by atoms with Crippen LogP contribution >= 0.6 is 0 Å². The number of nitrogens with zero attached hydrogens (tertiary/aromatic N) is 3. The number of aromatic nitrogens is 3. The molecule has 0 unspecified atom stereocenters. The Morgan fingerprint density at radius 2 is 1.82 bits per heavy atom. The minimum atomic E-state index is 0.417. The van der Waals surface area contributed by atoms with E-state index in [1.807, 2.05) is 4.68 Å². The first kappa shape index (κ1) is 12.1. The van der Waals surface area contributed by atoms with Crippen LogP contribution in [0.3, 0.4) is 0 Å². The smallest absolute Gasteiger partial charge is 0.112 e. The predicted molar refractivity (Wildman–Crippen MR) is 71.4 cm³/mol. The molecule has 2 aromatic rings. The monoisotopic (exact) mass is 231 g/mol. The molecule has 0 aliphatic rings. The standard InChI is InChI=1S/C14H21N3/c1-6-17-12-8-7-11(9(2)3)15-14(12)13(16-17)10(4)5/h7-10H,6H2,1-5H3. The van der Waals surface area contributed by atoms with Crippen molar-refractivity contribution in [1.29, 1.82) is 0 Å². The molecule has 0 aliphatic heterocycles. The minimum Gasteiger partial charge on any atom is -0.263 e. The fourth-order valence-electron chi connectivity index (χ4n) is 2.05. The van der Waals surface area contributed by atoms with Crippen LogP contribution in [-0.4, -0.2) is 14.8 Å². The number of hydrogen-bond acceptors (Lipinski definition) is 2. The van der Waals surface area contributed by atoms with Gasteiger partial charge in [-0.3, -0.25) is 4.68 Å². The van der Waals surface area contributed by atoms with E-state index in [4.69, 9.17) is 4.98 Å². The predicted octanol–water partition coefficient (Wildman–Crippen LogP) is 3.70. The van der Waals surface area contributed by atoms with E-state index in [0.29, 0.717) is 11.8 Å². The van der Waals surface area contributed by atoms with Gasteiger partial charge in [0.2, 0.25) is 0 Å². The lowest BCUT2D eigenvalue weighted by Crippen LogP contribution is -1.97. The molecule has 0 N–H and O–H groups in total. The first-order valence-corrected chi connectivity index (χ1v) is 6.42. The van der Waals surface area contributed by atoms with Crippen molar-refractivity contribution in [1.82, 2.24) is 14.8 Å². The SMILES string of the molecule is CCn1nc(C(C)C)c2nc(C(C)C)ccc21. The summed E-state index contributed by atoms with van der Waals surface area (Å²) in [5.41, 5.74) is 4.49. The average molecular weight is 231 g/mol. The topological polar surface area (TPSA) is 30.7 Å². The zero-order chi connectivity index (χ0) is 12.6. The second kappa shape index (κ2) is 4.47. The Morgan fingerprint density at radius 3 is 2.35 bits per heavy atom. The van der Waals surface area contributed by atoms with Gasteiger partial charge in [-0.1, -0.05) is 27.7 Å². The van der Waals surface area contributed by atoms with Gasteiger partial charge in [0.15, 0.2) is 0 Å². The summed E-state index contributed by atoms with van der Waals surface area (Å²) in [5.74, 6) is 0.879. The molecule has 3 nitrogen and oxygen atoms in total. The van der Waals surface area contributed by atoms with E-state index in [-0.39, 0.29) is 0 Å². The van der Waals surface area contributed by atoms with Crippen LogP contribution in [0.15, 0.2) is 12.1 Å². The van der Waals surface area contributed by atoms with Crippen LogP contribution in [0.4, 0.5) is 0 Å². The van der Waals surface area contributed by atoms with Crippen LogP contribution < -0.4 is 0 Å². The van der Waals surface area contributed by atoms with E-state index in [2.05, 4.69) is 51.9 Å². The maximum absolute atomic E-state index is 4.78. The maximum Gasteiger partial charge on any atom is 0.112 e. The summed E-state index contributed by atoms with van der Waals surface area (Å²) in [6.07, 6.45) is 0. The lowest BCUT2D eigenvalue weighted by molar-refractivity contribution is 0.654. The molecular weight excluding hydrogens is 210 g/mol. The lowest BCUT2D eigenvalue weighted by Gasteiger charge is -2.05. The third kappa shape index (κ3) is 2.06. The zero-order valence-corrected chi connectivity index (χ0v) is 11.4. The second-order valence-electron chi connectivity index (χ2n) is 5.11. The molecule has 2 aromatic heterocycles. The quantitative estimate of drug-likeness (QED) is 0.806. The van der Waals surface area contributed by atoms with Gasteiger partial charge in [0.05, 0.1) is 11.2 Å². The van der Waals surface area contributed by atoms with Crippen LogP contribution in [-0.2, 0) is 6.54 Å². The maximum atomic E-state index is 4.78. The number of rotatable bonds is 3. The number of aryl methyl sites for hydroxylation is 1. The summed E-state index contributed by atoms with van der Waals surface area (Å²) >= 11 is 0. The number of fused-ring (bicyclic) bond motifs is 1. The lowest BCUT2D eigenvalue weighted by atomic mass is 10.1. The van der Waals surface area contributed by atoms with Crippen LogP contribution in [0.2, 0.25) is 0 Å². The molecule has 0 atom stereocenters.